The molecule has 0 fully saturated rings. The van der Waals surface area contributed by atoms with Gasteiger partial charge < -0.3 is 33.8 Å². The topological polar surface area (TPSA) is 237 Å². The summed E-state index contributed by atoms with van der Waals surface area (Å²) in [5, 5.41) is 10.6. The van der Waals surface area contributed by atoms with Crippen molar-refractivity contribution < 1.29 is 80.2 Å². The predicted molar refractivity (Wildman–Crippen MR) is 395 cm³/mol. The summed E-state index contributed by atoms with van der Waals surface area (Å²) >= 11 is 0. The molecule has 19 heteroatoms. The van der Waals surface area contributed by atoms with Crippen LogP contribution in [0.4, 0.5) is 0 Å². The number of aliphatic hydroxyl groups is 1. The molecule has 0 amide bonds. The van der Waals surface area contributed by atoms with Crippen molar-refractivity contribution in [2.45, 2.75) is 414 Å². The molecule has 0 saturated carbocycles. The molecule has 17 nitrogen and oxygen atoms in total. The molecule has 0 spiro atoms. The SMILES string of the molecule is CCC(C)CCCCCCCCCCCCCCCCC(=O)OC[C@H](COP(=O)(O)OCC(O)COP(=O)(O)OC[C@@H](COC(=O)CCCCCCCCCC(C)C)OC(=O)CCCCCCCCCCCCC(C)CC)OC(=O)CCCCCCCCCCCCCCC(C)C. The van der Waals surface area contributed by atoms with Crippen LogP contribution in [0.25, 0.3) is 0 Å². The Morgan fingerprint density at radius 3 is 0.732 bits per heavy atom. The predicted octanol–water partition coefficient (Wildman–Crippen LogP) is 22.8. The third-order valence-electron chi connectivity index (χ3n) is 18.8. The zero-order chi connectivity index (χ0) is 71.7. The Hall–Kier alpha value is -1.94. The van der Waals surface area contributed by atoms with E-state index in [0.717, 1.165) is 114 Å². The molecule has 0 rings (SSSR count). The summed E-state index contributed by atoms with van der Waals surface area (Å²) < 4.78 is 68.6. The number of phosphoric ester groups is 2. The second kappa shape index (κ2) is 67.2. The van der Waals surface area contributed by atoms with E-state index in [0.29, 0.717) is 31.6 Å². The van der Waals surface area contributed by atoms with Gasteiger partial charge in [0.1, 0.15) is 19.3 Å². The van der Waals surface area contributed by atoms with Crippen LogP contribution in [0.2, 0.25) is 0 Å². The highest BCUT2D eigenvalue weighted by molar-refractivity contribution is 7.47. The summed E-state index contributed by atoms with van der Waals surface area (Å²) in [7, 11) is -9.92. The van der Waals surface area contributed by atoms with Crippen molar-refractivity contribution in [3.8, 4) is 0 Å². The van der Waals surface area contributed by atoms with Gasteiger partial charge in [-0.05, 0) is 49.4 Å². The third kappa shape index (κ3) is 69.5. The van der Waals surface area contributed by atoms with E-state index in [-0.39, 0.29) is 25.7 Å². The van der Waals surface area contributed by atoms with E-state index in [2.05, 4.69) is 55.4 Å². The molecule has 0 saturated heterocycles. The van der Waals surface area contributed by atoms with Gasteiger partial charge in [-0.2, -0.15) is 0 Å². The number of ether oxygens (including phenoxy) is 4. The van der Waals surface area contributed by atoms with Crippen LogP contribution in [0, 0.1) is 23.7 Å². The molecule has 0 aromatic carbocycles. The minimum absolute atomic E-state index is 0.105. The molecule has 0 aliphatic rings. The van der Waals surface area contributed by atoms with E-state index in [1.54, 1.807) is 0 Å². The van der Waals surface area contributed by atoms with Gasteiger partial charge in [0.15, 0.2) is 12.2 Å². The van der Waals surface area contributed by atoms with Gasteiger partial charge in [0.25, 0.3) is 0 Å². The molecule has 0 aromatic rings. The van der Waals surface area contributed by atoms with Crippen LogP contribution >= 0.6 is 15.6 Å². The maximum Gasteiger partial charge on any atom is 0.472 e. The van der Waals surface area contributed by atoms with E-state index in [1.807, 2.05) is 0 Å². The maximum absolute atomic E-state index is 13.1. The van der Waals surface area contributed by atoms with E-state index in [4.69, 9.17) is 37.0 Å². The smallest absolute Gasteiger partial charge is 0.462 e. The van der Waals surface area contributed by atoms with Crippen molar-refractivity contribution in [3.63, 3.8) is 0 Å². The molecule has 0 aromatic heterocycles. The quantitative estimate of drug-likeness (QED) is 0.0222. The average Bonchev–Trinajstić information content (AvgIpc) is 1.27. The fourth-order valence-corrected chi connectivity index (χ4v) is 13.4. The zero-order valence-electron chi connectivity index (χ0n) is 63.7. The zero-order valence-corrected chi connectivity index (χ0v) is 65.5. The minimum Gasteiger partial charge on any atom is -0.462 e. The molecule has 97 heavy (non-hydrogen) atoms. The number of esters is 4. The second-order valence-electron chi connectivity index (χ2n) is 29.5. The van der Waals surface area contributed by atoms with Crippen LogP contribution in [0.5, 0.6) is 0 Å². The number of rotatable bonds is 75. The average molecular weight is 1420 g/mol. The summed E-state index contributed by atoms with van der Waals surface area (Å²) in [5.41, 5.74) is 0. The van der Waals surface area contributed by atoms with Crippen molar-refractivity contribution in [3.05, 3.63) is 0 Å². The number of carbonyl (C=O) groups excluding carboxylic acids is 4. The van der Waals surface area contributed by atoms with Crippen LogP contribution in [-0.4, -0.2) is 96.7 Å². The van der Waals surface area contributed by atoms with E-state index in [1.165, 1.54) is 193 Å². The fraction of sp³-hybridized carbons (Fsp3) is 0.949. The number of aliphatic hydroxyl groups excluding tert-OH is 1. The van der Waals surface area contributed by atoms with E-state index >= 15 is 0 Å². The number of hydrogen-bond donors (Lipinski definition) is 3. The summed E-state index contributed by atoms with van der Waals surface area (Å²) in [6.07, 6.45) is 52.6. The summed E-state index contributed by atoms with van der Waals surface area (Å²) in [5.74, 6) is 1.02. The Bertz CT molecular complexity index is 1910. The molecule has 7 atom stereocenters. The van der Waals surface area contributed by atoms with E-state index < -0.39 is 97.5 Å². The first-order valence-corrected chi connectivity index (χ1v) is 43.3. The van der Waals surface area contributed by atoms with Crippen molar-refractivity contribution in [1.29, 1.82) is 0 Å². The molecular formula is C78H152O17P2. The fourth-order valence-electron chi connectivity index (χ4n) is 11.8. The molecule has 0 radical (unpaired) electrons. The summed E-state index contributed by atoms with van der Waals surface area (Å²) in [6, 6.07) is 0. The molecular weight excluding hydrogens is 1270 g/mol. The Morgan fingerprint density at radius 1 is 0.289 bits per heavy atom. The lowest BCUT2D eigenvalue weighted by Gasteiger charge is -2.21. The van der Waals surface area contributed by atoms with Gasteiger partial charge in [0.05, 0.1) is 26.4 Å². The van der Waals surface area contributed by atoms with Gasteiger partial charge in [-0.3, -0.25) is 37.3 Å². The molecule has 0 bridgehead atoms. The first kappa shape index (κ1) is 95.1. The van der Waals surface area contributed by atoms with Gasteiger partial charge in [-0.1, -0.05) is 344 Å². The largest absolute Gasteiger partial charge is 0.472 e. The van der Waals surface area contributed by atoms with Crippen molar-refractivity contribution in [1.82, 2.24) is 0 Å². The lowest BCUT2D eigenvalue weighted by Crippen LogP contribution is -2.30. The van der Waals surface area contributed by atoms with Gasteiger partial charge in [0.2, 0.25) is 0 Å². The Morgan fingerprint density at radius 2 is 0.495 bits per heavy atom. The maximum atomic E-state index is 13.1. The lowest BCUT2D eigenvalue weighted by molar-refractivity contribution is -0.161. The van der Waals surface area contributed by atoms with Crippen LogP contribution < -0.4 is 0 Å². The van der Waals surface area contributed by atoms with Gasteiger partial charge in [-0.15, -0.1) is 0 Å². The molecule has 0 aliphatic carbocycles. The number of hydrogen-bond acceptors (Lipinski definition) is 15. The Balaban J connectivity index is 5.25. The molecule has 576 valence electrons. The Labute approximate surface area is 594 Å². The van der Waals surface area contributed by atoms with Gasteiger partial charge in [0, 0.05) is 25.7 Å². The summed E-state index contributed by atoms with van der Waals surface area (Å²) in [6.45, 7) is 14.3. The van der Waals surface area contributed by atoms with Crippen LogP contribution in [0.1, 0.15) is 396 Å². The van der Waals surface area contributed by atoms with Crippen molar-refractivity contribution >= 4 is 39.5 Å². The highest BCUT2D eigenvalue weighted by Gasteiger charge is 2.30. The third-order valence-corrected chi connectivity index (χ3v) is 20.7. The highest BCUT2D eigenvalue weighted by Crippen LogP contribution is 2.45. The number of phosphoric acid groups is 2. The monoisotopic (exact) mass is 1420 g/mol. The Kier molecular flexibility index (Phi) is 65.9. The first-order valence-electron chi connectivity index (χ1n) is 40.3. The minimum atomic E-state index is -4.96. The molecule has 0 aliphatic heterocycles. The number of carbonyl (C=O) groups is 4. The van der Waals surface area contributed by atoms with Crippen LogP contribution in [0.15, 0.2) is 0 Å². The normalized spacial score (nSPS) is 14.6. The van der Waals surface area contributed by atoms with Crippen LogP contribution in [0.3, 0.4) is 0 Å². The second-order valence-corrected chi connectivity index (χ2v) is 32.4. The molecule has 0 heterocycles. The van der Waals surface area contributed by atoms with Gasteiger partial charge in [-0.25, -0.2) is 9.13 Å². The molecule has 3 N–H and O–H groups in total. The lowest BCUT2D eigenvalue weighted by atomic mass is 9.99. The van der Waals surface area contributed by atoms with Crippen LogP contribution in [-0.2, 0) is 65.4 Å². The van der Waals surface area contributed by atoms with Gasteiger partial charge >= 0.3 is 39.5 Å². The molecule has 5 unspecified atom stereocenters. The number of unbranched alkanes of at least 4 members (excludes halogenated alkanes) is 39. The standard InChI is InChI=1S/C78H152O17P2/c1-9-70(7)56-48-40-32-24-18-13-11-12-14-19-26-34-42-50-58-75(80)88-64-73(94-77(82)60-52-44-35-27-20-16-15-17-23-30-38-46-54-68(3)4)66-92-96(84,85)90-62-72(79)63-91-97(86,87)93-67-74(65-89-76(81)59-51-43-37-29-31-39-47-55-69(5)6)95-78(83)61-53-45-36-28-22-21-25-33-41-49-57-71(8)10-2/h68-74,79H,9-67H2,1-8H3,(H,84,85)(H,86,87)/t70?,71?,72?,73-,74-/m1/s1. The van der Waals surface area contributed by atoms with E-state index in [9.17, 15) is 43.2 Å². The summed E-state index contributed by atoms with van der Waals surface area (Å²) in [4.78, 5) is 72.9. The highest BCUT2D eigenvalue weighted by atomic mass is 31.2. The van der Waals surface area contributed by atoms with Crippen molar-refractivity contribution in [2.24, 2.45) is 23.7 Å². The van der Waals surface area contributed by atoms with Crippen molar-refractivity contribution in [2.75, 3.05) is 39.6 Å². The first-order chi connectivity index (χ1) is 46.7.